The van der Waals surface area contributed by atoms with Crippen LogP contribution < -0.4 is 5.73 Å². The van der Waals surface area contributed by atoms with E-state index in [1.807, 2.05) is 0 Å². The van der Waals surface area contributed by atoms with Crippen molar-refractivity contribution < 1.29 is 24.2 Å². The number of esters is 1. The van der Waals surface area contributed by atoms with E-state index in [0.29, 0.717) is 11.1 Å². The first-order valence-corrected chi connectivity index (χ1v) is 6.58. The Balaban J connectivity index is 2.25. The first-order valence-electron chi connectivity index (χ1n) is 6.58. The van der Waals surface area contributed by atoms with Gasteiger partial charge in [0.1, 0.15) is 11.5 Å². The molecule has 6 heteroatoms. The van der Waals surface area contributed by atoms with Crippen molar-refractivity contribution in [2.45, 2.75) is 25.9 Å². The molecule has 112 valence electrons. The van der Waals surface area contributed by atoms with Crippen molar-refractivity contribution in [2.75, 3.05) is 6.54 Å². The number of ether oxygens (including phenoxy) is 1. The lowest BCUT2D eigenvalue weighted by Gasteiger charge is -2.23. The average molecular weight is 291 g/mol. The van der Waals surface area contributed by atoms with Crippen LogP contribution in [-0.2, 0) is 16.0 Å². The van der Waals surface area contributed by atoms with Crippen LogP contribution in [0.2, 0.25) is 0 Å². The van der Waals surface area contributed by atoms with E-state index < -0.39 is 29.2 Å². The Morgan fingerprint density at radius 2 is 2.10 bits per heavy atom. The van der Waals surface area contributed by atoms with Crippen LogP contribution in [0.1, 0.15) is 40.1 Å². The number of carboxylic acids is 1. The summed E-state index contributed by atoms with van der Waals surface area (Å²) in [6.07, 6.45) is 0.102. The number of Topliss-reactive ketones (excluding diaryl/α,β-unsaturated/α-hetero) is 1. The number of benzene rings is 1. The normalized spacial score (nSPS) is 17.5. The van der Waals surface area contributed by atoms with E-state index in [-0.39, 0.29) is 18.5 Å². The van der Waals surface area contributed by atoms with E-state index in [4.69, 9.17) is 15.6 Å². The predicted molar refractivity (Wildman–Crippen MR) is 74.2 cm³/mol. The van der Waals surface area contributed by atoms with Crippen LogP contribution >= 0.6 is 0 Å². The predicted octanol–water partition coefficient (Wildman–Crippen LogP) is 1.02. The van der Waals surface area contributed by atoms with Crippen molar-refractivity contribution in [1.82, 2.24) is 0 Å². The highest BCUT2D eigenvalue weighted by Crippen LogP contribution is 2.28. The molecule has 1 aromatic carbocycles. The van der Waals surface area contributed by atoms with Crippen LogP contribution in [-0.4, -0.2) is 35.0 Å². The molecule has 1 aliphatic carbocycles. The Morgan fingerprint density at radius 1 is 1.43 bits per heavy atom. The molecule has 1 unspecified atom stereocenters. The van der Waals surface area contributed by atoms with Crippen LogP contribution in [0.25, 0.3) is 0 Å². The van der Waals surface area contributed by atoms with E-state index in [1.165, 1.54) is 18.2 Å². The Kier molecular flexibility index (Phi) is 3.82. The molecular weight excluding hydrogens is 274 g/mol. The molecule has 0 saturated carbocycles. The topological polar surface area (TPSA) is 107 Å². The van der Waals surface area contributed by atoms with E-state index >= 15 is 0 Å². The maximum absolute atomic E-state index is 12.0. The van der Waals surface area contributed by atoms with Gasteiger partial charge in [0.15, 0.2) is 5.78 Å². The van der Waals surface area contributed by atoms with Crippen molar-refractivity contribution in [2.24, 2.45) is 11.7 Å². The zero-order valence-electron chi connectivity index (χ0n) is 11.9. The third-order valence-electron chi connectivity index (χ3n) is 3.51. The van der Waals surface area contributed by atoms with Gasteiger partial charge in [-0.2, -0.15) is 0 Å². The average Bonchev–Trinajstić information content (AvgIpc) is 2.75. The molecule has 0 heterocycles. The molecule has 1 aromatic rings. The van der Waals surface area contributed by atoms with Gasteiger partial charge in [-0.15, -0.1) is 0 Å². The van der Waals surface area contributed by atoms with Gasteiger partial charge in [0.05, 0.1) is 5.56 Å². The molecule has 0 radical (unpaired) electrons. The maximum Gasteiger partial charge on any atom is 0.338 e. The van der Waals surface area contributed by atoms with Gasteiger partial charge >= 0.3 is 11.9 Å². The van der Waals surface area contributed by atoms with E-state index in [9.17, 15) is 14.4 Å². The molecule has 0 aliphatic heterocycles. The molecule has 2 rings (SSSR count). The first-order chi connectivity index (χ1) is 9.75. The van der Waals surface area contributed by atoms with Gasteiger partial charge in [-0.1, -0.05) is 6.07 Å². The summed E-state index contributed by atoms with van der Waals surface area (Å²) in [6, 6.07) is 4.47. The van der Waals surface area contributed by atoms with Gasteiger partial charge in [0.25, 0.3) is 0 Å². The monoisotopic (exact) mass is 291 g/mol. The maximum atomic E-state index is 12.0. The molecular formula is C15H17NO5. The Hall–Kier alpha value is -2.21. The third-order valence-corrected chi connectivity index (χ3v) is 3.51. The van der Waals surface area contributed by atoms with Crippen LogP contribution in [0.3, 0.4) is 0 Å². The van der Waals surface area contributed by atoms with E-state index in [0.717, 1.165) is 0 Å². The number of rotatable bonds is 4. The number of carboxylic acid groups (broad SMARTS) is 1. The number of fused-ring (bicyclic) bond motifs is 1. The number of ketones is 1. The van der Waals surface area contributed by atoms with Gasteiger partial charge in [0.2, 0.25) is 0 Å². The van der Waals surface area contributed by atoms with E-state index in [1.54, 1.807) is 13.8 Å². The molecule has 3 N–H and O–H groups in total. The Morgan fingerprint density at radius 3 is 2.67 bits per heavy atom. The van der Waals surface area contributed by atoms with Crippen LogP contribution in [0, 0.1) is 5.92 Å². The lowest BCUT2D eigenvalue weighted by Crippen LogP contribution is -2.36. The lowest BCUT2D eigenvalue weighted by molar-refractivity contribution is -0.139. The SMILES string of the molecule is CC(C)(CN)OC(=O)c1ccc2c(c1)CC(C(=O)O)C2=O. The summed E-state index contributed by atoms with van der Waals surface area (Å²) in [6.45, 7) is 3.58. The summed E-state index contributed by atoms with van der Waals surface area (Å²) in [5, 5.41) is 8.99. The van der Waals surface area contributed by atoms with Crippen LogP contribution in [0.4, 0.5) is 0 Å². The van der Waals surface area contributed by atoms with Crippen molar-refractivity contribution in [1.29, 1.82) is 0 Å². The molecule has 1 aliphatic rings. The minimum absolute atomic E-state index is 0.102. The van der Waals surface area contributed by atoms with Crippen molar-refractivity contribution in [3.05, 3.63) is 34.9 Å². The highest BCUT2D eigenvalue weighted by Gasteiger charge is 2.36. The standard InChI is InChI=1S/C15H17NO5/c1-15(2,7-16)21-14(20)8-3-4-10-9(5-8)6-11(12(10)17)13(18)19/h3-5,11H,6-7,16H2,1-2H3,(H,18,19). The van der Waals surface area contributed by atoms with Gasteiger partial charge in [-0.3, -0.25) is 9.59 Å². The number of hydrogen-bond donors (Lipinski definition) is 2. The Bertz CT molecular complexity index is 620. The fourth-order valence-corrected chi connectivity index (χ4v) is 2.18. The largest absolute Gasteiger partial charge is 0.481 e. The van der Waals surface area contributed by atoms with Gasteiger partial charge in [-0.25, -0.2) is 4.79 Å². The van der Waals surface area contributed by atoms with Crippen LogP contribution in [0.5, 0.6) is 0 Å². The summed E-state index contributed by atoms with van der Waals surface area (Å²) in [4.78, 5) is 34.9. The van der Waals surface area contributed by atoms with Gasteiger partial charge in [0, 0.05) is 12.1 Å². The molecule has 0 bridgehead atoms. The fraction of sp³-hybridized carbons (Fsp3) is 0.400. The minimum atomic E-state index is -1.15. The number of aliphatic carboxylic acids is 1. The first kappa shape index (κ1) is 15.2. The summed E-state index contributed by atoms with van der Waals surface area (Å²) < 4.78 is 5.27. The number of hydrogen-bond acceptors (Lipinski definition) is 5. The third kappa shape index (κ3) is 2.95. The van der Waals surface area contributed by atoms with Gasteiger partial charge in [-0.05, 0) is 38.0 Å². The number of nitrogens with two attached hydrogens (primary N) is 1. The number of carbonyl (C=O) groups excluding carboxylic acids is 2. The molecule has 0 saturated heterocycles. The summed E-state index contributed by atoms with van der Waals surface area (Å²) in [7, 11) is 0. The Labute approximate surface area is 121 Å². The molecule has 0 aromatic heterocycles. The summed E-state index contributed by atoms with van der Waals surface area (Å²) >= 11 is 0. The molecule has 6 nitrogen and oxygen atoms in total. The van der Waals surface area contributed by atoms with Crippen LogP contribution in [0.15, 0.2) is 18.2 Å². The fourth-order valence-electron chi connectivity index (χ4n) is 2.18. The second-order valence-electron chi connectivity index (χ2n) is 5.68. The molecule has 1 atom stereocenters. The molecule has 0 fully saturated rings. The minimum Gasteiger partial charge on any atom is -0.481 e. The zero-order chi connectivity index (χ0) is 15.8. The highest BCUT2D eigenvalue weighted by atomic mass is 16.6. The lowest BCUT2D eigenvalue weighted by atomic mass is 10.1. The molecule has 0 amide bonds. The summed E-state index contributed by atoms with van der Waals surface area (Å²) in [5.74, 6) is -3.17. The molecule has 0 spiro atoms. The second-order valence-corrected chi connectivity index (χ2v) is 5.68. The number of carbonyl (C=O) groups is 3. The van der Waals surface area contributed by atoms with Gasteiger partial charge < -0.3 is 15.6 Å². The van der Waals surface area contributed by atoms with E-state index in [2.05, 4.69) is 0 Å². The summed E-state index contributed by atoms with van der Waals surface area (Å²) in [5.41, 5.74) is 5.93. The van der Waals surface area contributed by atoms with Crippen molar-refractivity contribution in [3.63, 3.8) is 0 Å². The van der Waals surface area contributed by atoms with Crippen molar-refractivity contribution >= 4 is 17.7 Å². The quantitative estimate of drug-likeness (QED) is 0.633. The van der Waals surface area contributed by atoms with Crippen molar-refractivity contribution in [3.8, 4) is 0 Å². The molecule has 21 heavy (non-hydrogen) atoms. The highest BCUT2D eigenvalue weighted by molar-refractivity contribution is 6.12. The zero-order valence-corrected chi connectivity index (χ0v) is 11.9. The smallest absolute Gasteiger partial charge is 0.338 e. The second kappa shape index (κ2) is 5.29.